The molecule has 37 heavy (non-hydrogen) atoms. The number of nitrogens with one attached hydrogen (secondary N) is 2. The summed E-state index contributed by atoms with van der Waals surface area (Å²) >= 11 is 1.21. The molecule has 1 unspecified atom stereocenters. The average Bonchev–Trinajstić information content (AvgIpc) is 3.59. The Bertz CT molecular complexity index is 1340. The number of halogens is 1. The second-order valence-electron chi connectivity index (χ2n) is 9.10. The second kappa shape index (κ2) is 10.7. The smallest absolute Gasteiger partial charge is 0.319 e. The number of pyridine rings is 1. The Labute approximate surface area is 216 Å². The lowest BCUT2D eigenvalue weighted by atomic mass is 9.98. The summed E-state index contributed by atoms with van der Waals surface area (Å²) < 4.78 is 26.4. The summed E-state index contributed by atoms with van der Waals surface area (Å²) in [7, 11) is 0. The number of aromatic nitrogens is 1. The Morgan fingerprint density at radius 1 is 1.16 bits per heavy atom. The first-order valence-electron chi connectivity index (χ1n) is 12.3. The molecule has 1 saturated heterocycles. The number of hydrogen-bond donors (Lipinski definition) is 2. The van der Waals surface area contributed by atoms with Gasteiger partial charge in [0.2, 0.25) is 0 Å². The molecule has 1 aliphatic carbocycles. The minimum absolute atomic E-state index is 0.0183. The normalized spacial score (nSPS) is 17.4. The quantitative estimate of drug-likeness (QED) is 0.423. The van der Waals surface area contributed by atoms with Crippen molar-refractivity contribution < 1.29 is 28.2 Å². The lowest BCUT2D eigenvalue weighted by Crippen LogP contribution is -2.42. The number of nitrogens with zero attached hydrogens (tertiary/aromatic N) is 2. The van der Waals surface area contributed by atoms with Crippen molar-refractivity contribution in [2.24, 2.45) is 5.92 Å². The van der Waals surface area contributed by atoms with Crippen LogP contribution in [0.4, 0.5) is 14.9 Å². The third kappa shape index (κ3) is 5.82. The van der Waals surface area contributed by atoms with Crippen LogP contribution in [0.15, 0.2) is 36.5 Å². The maximum absolute atomic E-state index is 14.8. The number of thiophene rings is 1. The summed E-state index contributed by atoms with van der Waals surface area (Å²) in [6.45, 7) is 2.94. The van der Waals surface area contributed by atoms with E-state index in [1.54, 1.807) is 30.0 Å². The molecule has 3 heterocycles. The van der Waals surface area contributed by atoms with Crippen LogP contribution in [0.1, 0.15) is 42.3 Å². The molecule has 1 aromatic carbocycles. The van der Waals surface area contributed by atoms with Gasteiger partial charge in [0, 0.05) is 43.1 Å². The van der Waals surface area contributed by atoms with Gasteiger partial charge in [-0.2, -0.15) is 0 Å². The number of likely N-dealkylation sites (tertiary alicyclic amines) is 1. The van der Waals surface area contributed by atoms with E-state index in [4.69, 9.17) is 9.47 Å². The van der Waals surface area contributed by atoms with Crippen LogP contribution >= 0.6 is 11.3 Å². The van der Waals surface area contributed by atoms with E-state index in [0.717, 1.165) is 19.3 Å². The van der Waals surface area contributed by atoms with Gasteiger partial charge in [-0.1, -0.05) is 0 Å². The topological polar surface area (TPSA) is 110 Å². The van der Waals surface area contributed by atoms with Crippen LogP contribution in [0.3, 0.4) is 0 Å². The highest BCUT2D eigenvalue weighted by atomic mass is 32.1. The van der Waals surface area contributed by atoms with Gasteiger partial charge in [-0.15, -0.1) is 11.3 Å². The molecule has 5 rings (SSSR count). The number of carbonyl (C=O) groups is 3. The number of carbonyl (C=O) groups excluding carboxylic acids is 3. The number of piperidine rings is 1. The summed E-state index contributed by atoms with van der Waals surface area (Å²) in [5, 5.41) is 5.40. The molecule has 0 radical (unpaired) electrons. The van der Waals surface area contributed by atoms with Gasteiger partial charge in [0.15, 0.2) is 11.6 Å². The molecule has 9 nitrogen and oxygen atoms in total. The molecule has 1 aliphatic heterocycles. The molecule has 194 valence electrons. The zero-order chi connectivity index (χ0) is 25.9. The number of ether oxygens (including phenoxy) is 2. The Kier molecular flexibility index (Phi) is 7.22. The Morgan fingerprint density at radius 3 is 2.76 bits per heavy atom. The highest BCUT2D eigenvalue weighted by molar-refractivity contribution is 7.21. The highest BCUT2D eigenvalue weighted by Gasteiger charge is 2.31. The van der Waals surface area contributed by atoms with E-state index in [0.29, 0.717) is 52.6 Å². The fourth-order valence-electron chi connectivity index (χ4n) is 4.23. The maximum atomic E-state index is 14.8. The standard InChI is InChI=1S/C26H27FN4O5S/c1-2-35-25(33)15-4-3-11-31(14-15)24(32)22-13-19-23(37-22)21(9-10-28-19)36-20-8-7-17(12-18(20)27)30-26(34)29-16-5-6-16/h7-10,12-13,15-16H,2-6,11,14H2,1H3,(H2,29,30,34). The average molecular weight is 527 g/mol. The van der Waals surface area contributed by atoms with Crippen molar-refractivity contribution in [3.63, 3.8) is 0 Å². The monoisotopic (exact) mass is 526 g/mol. The van der Waals surface area contributed by atoms with Gasteiger partial charge in [0.25, 0.3) is 5.91 Å². The van der Waals surface area contributed by atoms with Crippen LogP contribution in [-0.4, -0.2) is 53.5 Å². The number of urea groups is 1. The molecule has 1 atom stereocenters. The van der Waals surface area contributed by atoms with Gasteiger partial charge in [0.1, 0.15) is 5.75 Å². The Hall–Kier alpha value is -3.73. The summed E-state index contributed by atoms with van der Waals surface area (Å²) in [6.07, 6.45) is 4.86. The third-order valence-corrected chi connectivity index (χ3v) is 7.36. The fourth-order valence-corrected chi connectivity index (χ4v) is 5.26. The zero-order valence-electron chi connectivity index (χ0n) is 20.3. The lowest BCUT2D eigenvalue weighted by molar-refractivity contribution is -0.149. The molecule has 1 saturated carbocycles. The first-order valence-corrected chi connectivity index (χ1v) is 13.1. The van der Waals surface area contributed by atoms with Crippen molar-refractivity contribution in [3.05, 3.63) is 47.2 Å². The Morgan fingerprint density at radius 2 is 2.00 bits per heavy atom. The van der Waals surface area contributed by atoms with Crippen LogP contribution in [0.2, 0.25) is 0 Å². The van der Waals surface area contributed by atoms with E-state index in [1.165, 1.54) is 29.7 Å². The van der Waals surface area contributed by atoms with Crippen LogP contribution in [0.5, 0.6) is 11.5 Å². The largest absolute Gasteiger partial charge is 0.466 e. The molecule has 3 aromatic rings. The molecule has 2 aliphatic rings. The lowest BCUT2D eigenvalue weighted by Gasteiger charge is -2.31. The second-order valence-corrected chi connectivity index (χ2v) is 10.1. The molecule has 11 heteroatoms. The zero-order valence-corrected chi connectivity index (χ0v) is 21.1. The molecule has 2 N–H and O–H groups in total. The summed E-state index contributed by atoms with van der Waals surface area (Å²) in [4.78, 5) is 43.8. The van der Waals surface area contributed by atoms with Crippen molar-refractivity contribution in [2.75, 3.05) is 25.0 Å². The van der Waals surface area contributed by atoms with Gasteiger partial charge >= 0.3 is 12.0 Å². The van der Waals surface area contributed by atoms with Gasteiger partial charge in [-0.05, 0) is 50.8 Å². The third-order valence-electron chi connectivity index (χ3n) is 6.24. The van der Waals surface area contributed by atoms with E-state index in [9.17, 15) is 18.8 Å². The number of anilines is 1. The van der Waals surface area contributed by atoms with Crippen molar-refractivity contribution in [3.8, 4) is 11.5 Å². The number of hydrogen-bond acceptors (Lipinski definition) is 7. The minimum Gasteiger partial charge on any atom is -0.466 e. The van der Waals surface area contributed by atoms with Gasteiger partial charge in [-0.25, -0.2) is 9.18 Å². The SMILES string of the molecule is CCOC(=O)C1CCCN(C(=O)c2cc3nccc(Oc4ccc(NC(=O)NC5CC5)cc4F)c3s2)C1. The van der Waals surface area contributed by atoms with Gasteiger partial charge in [0.05, 0.1) is 27.6 Å². The van der Waals surface area contributed by atoms with Crippen LogP contribution in [0, 0.1) is 11.7 Å². The van der Waals surface area contributed by atoms with Gasteiger partial charge < -0.3 is 25.0 Å². The molecule has 0 bridgehead atoms. The predicted octanol–water partition coefficient (Wildman–Crippen LogP) is 4.93. The number of esters is 1. The molecular weight excluding hydrogens is 499 g/mol. The molecule has 2 fully saturated rings. The number of fused-ring (bicyclic) bond motifs is 1. The maximum Gasteiger partial charge on any atom is 0.319 e. The van der Waals surface area contributed by atoms with Crippen molar-refractivity contribution in [1.82, 2.24) is 15.2 Å². The highest BCUT2D eigenvalue weighted by Crippen LogP contribution is 2.37. The molecular formula is C26H27FN4O5S. The molecule has 3 amide bonds. The van der Waals surface area contributed by atoms with Gasteiger partial charge in [-0.3, -0.25) is 14.6 Å². The fraction of sp³-hybridized carbons (Fsp3) is 0.385. The summed E-state index contributed by atoms with van der Waals surface area (Å²) in [5.41, 5.74) is 0.870. The minimum atomic E-state index is -0.639. The van der Waals surface area contributed by atoms with Crippen molar-refractivity contribution >= 4 is 45.1 Å². The van der Waals surface area contributed by atoms with Crippen molar-refractivity contribution in [1.29, 1.82) is 0 Å². The number of rotatable bonds is 7. The van der Waals surface area contributed by atoms with E-state index in [-0.39, 0.29) is 35.6 Å². The first kappa shape index (κ1) is 24.9. The van der Waals surface area contributed by atoms with E-state index < -0.39 is 5.82 Å². The van der Waals surface area contributed by atoms with Crippen LogP contribution in [-0.2, 0) is 9.53 Å². The number of benzene rings is 1. The van der Waals surface area contributed by atoms with E-state index >= 15 is 0 Å². The van der Waals surface area contributed by atoms with Crippen molar-refractivity contribution in [2.45, 2.75) is 38.6 Å². The Balaban J connectivity index is 1.30. The van der Waals surface area contributed by atoms with E-state index in [2.05, 4.69) is 15.6 Å². The first-order chi connectivity index (χ1) is 17.9. The molecule has 0 spiro atoms. The summed E-state index contributed by atoms with van der Waals surface area (Å²) in [5.74, 6) is -1.09. The summed E-state index contributed by atoms with van der Waals surface area (Å²) in [6, 6.07) is 7.31. The van der Waals surface area contributed by atoms with E-state index in [1.807, 2.05) is 0 Å². The number of amides is 3. The molecule has 2 aromatic heterocycles. The van der Waals surface area contributed by atoms with Crippen LogP contribution < -0.4 is 15.4 Å². The van der Waals surface area contributed by atoms with Crippen LogP contribution in [0.25, 0.3) is 10.2 Å². The predicted molar refractivity (Wildman–Crippen MR) is 137 cm³/mol.